The molecule has 1 aliphatic rings. The van der Waals surface area contributed by atoms with Gasteiger partial charge in [-0.25, -0.2) is 0 Å². The van der Waals surface area contributed by atoms with Gasteiger partial charge in [-0.05, 0) is 62.9 Å². The van der Waals surface area contributed by atoms with Crippen LogP contribution in [0.4, 0.5) is 0 Å². The Morgan fingerprint density at radius 3 is 2.42 bits per heavy atom. The van der Waals surface area contributed by atoms with Gasteiger partial charge in [0, 0.05) is 5.56 Å². The fourth-order valence-corrected chi connectivity index (χ4v) is 3.87. The van der Waals surface area contributed by atoms with Gasteiger partial charge in [-0.15, -0.1) is 0 Å². The van der Waals surface area contributed by atoms with Crippen LogP contribution in [0.2, 0.25) is 0 Å². The molecule has 0 N–H and O–H groups in total. The number of para-hydroxylation sites is 1. The second kappa shape index (κ2) is 10.4. The fraction of sp³-hybridized carbons (Fsp3) is 0.500. The normalized spacial score (nSPS) is 15.9. The third-order valence-electron chi connectivity index (χ3n) is 5.54. The molecule has 0 spiro atoms. The third-order valence-corrected chi connectivity index (χ3v) is 5.54. The molecule has 1 fully saturated rings. The molecule has 1 heterocycles. The first-order valence-electron chi connectivity index (χ1n) is 10.4. The highest BCUT2D eigenvalue weighted by Crippen LogP contribution is 2.30. The van der Waals surface area contributed by atoms with Crippen molar-refractivity contribution in [2.24, 2.45) is 5.92 Å². The predicted octanol–water partition coefficient (Wildman–Crippen LogP) is 6.02. The molecule has 2 nitrogen and oxygen atoms in total. The quantitative estimate of drug-likeness (QED) is 0.512. The summed E-state index contributed by atoms with van der Waals surface area (Å²) in [6.07, 6.45) is 7.88. The predicted molar refractivity (Wildman–Crippen MR) is 111 cm³/mol. The molecule has 1 aliphatic heterocycles. The minimum absolute atomic E-state index is 0.821. The van der Waals surface area contributed by atoms with E-state index in [-0.39, 0.29) is 0 Å². The van der Waals surface area contributed by atoms with E-state index >= 15 is 0 Å². The Balaban J connectivity index is 1.44. The molecule has 0 saturated carbocycles. The van der Waals surface area contributed by atoms with Crippen LogP contribution in [0.15, 0.2) is 54.6 Å². The molecule has 2 aromatic carbocycles. The molecule has 0 aromatic heterocycles. The van der Waals surface area contributed by atoms with E-state index in [2.05, 4.69) is 66.4 Å². The van der Waals surface area contributed by atoms with E-state index in [4.69, 9.17) is 4.74 Å². The van der Waals surface area contributed by atoms with Gasteiger partial charge in [0.2, 0.25) is 0 Å². The number of benzene rings is 2. The second-order valence-electron chi connectivity index (χ2n) is 7.49. The average molecular weight is 352 g/mol. The van der Waals surface area contributed by atoms with Crippen molar-refractivity contribution in [2.45, 2.75) is 45.4 Å². The Morgan fingerprint density at radius 2 is 1.65 bits per heavy atom. The lowest BCUT2D eigenvalue weighted by Crippen LogP contribution is -2.34. The number of hydrogen-bond acceptors (Lipinski definition) is 2. The zero-order valence-electron chi connectivity index (χ0n) is 16.2. The van der Waals surface area contributed by atoms with E-state index < -0.39 is 0 Å². The van der Waals surface area contributed by atoms with Crippen LogP contribution in [-0.4, -0.2) is 31.1 Å². The maximum absolute atomic E-state index is 6.19. The molecule has 1 saturated heterocycles. The number of hydrogen-bond donors (Lipinski definition) is 0. The smallest absolute Gasteiger partial charge is 0.127 e. The molecular formula is C24H33NO. The van der Waals surface area contributed by atoms with Crippen LogP contribution in [0.3, 0.4) is 0 Å². The zero-order valence-corrected chi connectivity index (χ0v) is 16.2. The highest BCUT2D eigenvalue weighted by molar-refractivity contribution is 5.70. The molecule has 0 bridgehead atoms. The summed E-state index contributed by atoms with van der Waals surface area (Å²) in [5.41, 5.74) is 2.42. The van der Waals surface area contributed by atoms with Gasteiger partial charge in [-0.1, -0.05) is 68.3 Å². The molecule has 0 unspecified atom stereocenters. The van der Waals surface area contributed by atoms with Crippen LogP contribution < -0.4 is 4.74 Å². The first-order valence-corrected chi connectivity index (χ1v) is 10.4. The van der Waals surface area contributed by atoms with Crippen molar-refractivity contribution in [3.05, 3.63) is 54.6 Å². The SMILES string of the molecule is CCCCCN1CCC(CCOc2ccccc2-c2ccccc2)CC1. The first-order chi connectivity index (χ1) is 12.9. The van der Waals surface area contributed by atoms with E-state index in [0.29, 0.717) is 0 Å². The molecule has 2 heteroatoms. The van der Waals surface area contributed by atoms with E-state index in [9.17, 15) is 0 Å². The van der Waals surface area contributed by atoms with Crippen LogP contribution >= 0.6 is 0 Å². The van der Waals surface area contributed by atoms with Crippen molar-refractivity contribution < 1.29 is 4.74 Å². The van der Waals surface area contributed by atoms with Gasteiger partial charge in [0.1, 0.15) is 5.75 Å². The van der Waals surface area contributed by atoms with Crippen LogP contribution in [0.25, 0.3) is 11.1 Å². The molecule has 2 aromatic rings. The number of likely N-dealkylation sites (tertiary alicyclic amines) is 1. The minimum Gasteiger partial charge on any atom is -0.493 e. The first kappa shape index (κ1) is 19.0. The van der Waals surface area contributed by atoms with Gasteiger partial charge in [0.25, 0.3) is 0 Å². The fourth-order valence-electron chi connectivity index (χ4n) is 3.87. The Bertz CT molecular complexity index is 632. The van der Waals surface area contributed by atoms with Gasteiger partial charge in [0.15, 0.2) is 0 Å². The molecule has 140 valence electrons. The van der Waals surface area contributed by atoms with Crippen molar-refractivity contribution >= 4 is 0 Å². The van der Waals surface area contributed by atoms with Gasteiger partial charge in [0.05, 0.1) is 6.61 Å². The largest absolute Gasteiger partial charge is 0.493 e. The van der Waals surface area contributed by atoms with Gasteiger partial charge >= 0.3 is 0 Å². The van der Waals surface area contributed by atoms with Crippen molar-refractivity contribution in [3.8, 4) is 16.9 Å². The van der Waals surface area contributed by atoms with Crippen LogP contribution in [0, 0.1) is 5.92 Å². The minimum atomic E-state index is 0.821. The lowest BCUT2D eigenvalue weighted by atomic mass is 9.94. The van der Waals surface area contributed by atoms with Crippen molar-refractivity contribution in [2.75, 3.05) is 26.2 Å². The summed E-state index contributed by atoms with van der Waals surface area (Å²) in [6, 6.07) is 18.9. The maximum Gasteiger partial charge on any atom is 0.127 e. The van der Waals surface area contributed by atoms with E-state index in [0.717, 1.165) is 18.3 Å². The summed E-state index contributed by atoms with van der Waals surface area (Å²) < 4.78 is 6.19. The van der Waals surface area contributed by atoms with E-state index in [1.54, 1.807) is 0 Å². The summed E-state index contributed by atoms with van der Waals surface area (Å²) in [5, 5.41) is 0. The standard InChI is InChI=1S/C24H33NO/c1-2-3-9-17-25-18-14-21(15-19-25)16-20-26-24-13-8-7-12-23(24)22-10-5-4-6-11-22/h4-8,10-13,21H,2-3,9,14-20H2,1H3. The highest BCUT2D eigenvalue weighted by Gasteiger charge is 2.18. The molecule has 0 radical (unpaired) electrons. The molecular weight excluding hydrogens is 318 g/mol. The van der Waals surface area contributed by atoms with Crippen molar-refractivity contribution in [3.63, 3.8) is 0 Å². The number of unbranched alkanes of at least 4 members (excludes halogenated alkanes) is 2. The van der Waals surface area contributed by atoms with Crippen molar-refractivity contribution in [1.29, 1.82) is 0 Å². The summed E-state index contributed by atoms with van der Waals surface area (Å²) >= 11 is 0. The van der Waals surface area contributed by atoms with Gasteiger partial charge < -0.3 is 9.64 Å². The van der Waals surface area contributed by atoms with Gasteiger partial charge in [-0.2, -0.15) is 0 Å². The molecule has 0 atom stereocenters. The second-order valence-corrected chi connectivity index (χ2v) is 7.49. The van der Waals surface area contributed by atoms with Gasteiger partial charge in [-0.3, -0.25) is 0 Å². The highest BCUT2D eigenvalue weighted by atomic mass is 16.5. The molecule has 0 amide bonds. The van der Waals surface area contributed by atoms with Crippen LogP contribution in [0.5, 0.6) is 5.75 Å². The van der Waals surface area contributed by atoms with E-state index in [1.807, 2.05) is 0 Å². The molecule has 3 rings (SSSR count). The van der Waals surface area contributed by atoms with Crippen LogP contribution in [-0.2, 0) is 0 Å². The molecule has 0 aliphatic carbocycles. The lowest BCUT2D eigenvalue weighted by molar-refractivity contribution is 0.161. The van der Waals surface area contributed by atoms with Crippen molar-refractivity contribution in [1.82, 2.24) is 4.90 Å². The number of rotatable bonds is 9. The summed E-state index contributed by atoms with van der Waals surface area (Å²) in [4.78, 5) is 2.65. The maximum atomic E-state index is 6.19. The average Bonchev–Trinajstić information content (AvgIpc) is 2.70. The summed E-state index contributed by atoms with van der Waals surface area (Å²) in [7, 11) is 0. The lowest BCUT2D eigenvalue weighted by Gasteiger charge is -2.32. The van der Waals surface area contributed by atoms with Crippen LogP contribution in [0.1, 0.15) is 45.4 Å². The number of ether oxygens (including phenoxy) is 1. The zero-order chi connectivity index (χ0) is 18.0. The number of piperidine rings is 1. The topological polar surface area (TPSA) is 12.5 Å². The Hall–Kier alpha value is -1.80. The molecule has 26 heavy (non-hydrogen) atoms. The Labute approximate surface area is 159 Å². The Kier molecular flexibility index (Phi) is 7.57. The third kappa shape index (κ3) is 5.60. The van der Waals surface area contributed by atoms with E-state index in [1.165, 1.54) is 69.3 Å². The summed E-state index contributed by atoms with van der Waals surface area (Å²) in [5.74, 6) is 1.83. The monoisotopic (exact) mass is 351 g/mol. The Morgan fingerprint density at radius 1 is 0.923 bits per heavy atom. The number of nitrogens with zero attached hydrogens (tertiary/aromatic N) is 1. The summed E-state index contributed by atoms with van der Waals surface area (Å²) in [6.45, 7) is 6.94.